The summed E-state index contributed by atoms with van der Waals surface area (Å²) >= 11 is 6.14. The zero-order valence-corrected chi connectivity index (χ0v) is 12.8. The molecule has 0 amide bonds. The molecule has 0 saturated carbocycles. The van der Waals surface area contributed by atoms with Crippen molar-refractivity contribution in [3.63, 3.8) is 0 Å². The van der Waals surface area contributed by atoms with Gasteiger partial charge in [-0.25, -0.2) is 0 Å². The van der Waals surface area contributed by atoms with E-state index in [0.717, 1.165) is 5.56 Å². The maximum absolute atomic E-state index is 11.8. The lowest BCUT2D eigenvalue weighted by Gasteiger charge is -2.25. The Balaban J connectivity index is 2.58. The van der Waals surface area contributed by atoms with Crippen LogP contribution in [0.1, 0.15) is 31.9 Å². The first-order valence-corrected chi connectivity index (χ1v) is 6.95. The SMILES string of the molecule is CCOC(=O)CC(=O)CN(C)C(C)c1ccccc1Cl. The molecule has 0 heterocycles. The average molecular weight is 298 g/mol. The van der Waals surface area contributed by atoms with E-state index in [4.69, 9.17) is 16.3 Å². The lowest BCUT2D eigenvalue weighted by Crippen LogP contribution is -2.30. The van der Waals surface area contributed by atoms with Gasteiger partial charge in [0.2, 0.25) is 0 Å². The molecule has 1 unspecified atom stereocenters. The van der Waals surface area contributed by atoms with Crippen molar-refractivity contribution in [2.45, 2.75) is 26.3 Å². The summed E-state index contributed by atoms with van der Waals surface area (Å²) in [5.74, 6) is -0.638. The van der Waals surface area contributed by atoms with Crippen LogP contribution in [0.15, 0.2) is 24.3 Å². The predicted molar refractivity (Wildman–Crippen MR) is 78.8 cm³/mol. The second-order valence-electron chi connectivity index (χ2n) is 4.63. The lowest BCUT2D eigenvalue weighted by atomic mass is 10.1. The van der Waals surface area contributed by atoms with E-state index in [0.29, 0.717) is 5.02 Å². The molecule has 110 valence electrons. The number of esters is 1. The molecule has 0 bridgehead atoms. The number of hydrogen-bond donors (Lipinski definition) is 0. The topological polar surface area (TPSA) is 46.6 Å². The van der Waals surface area contributed by atoms with Crippen molar-refractivity contribution in [3.05, 3.63) is 34.9 Å². The second-order valence-corrected chi connectivity index (χ2v) is 5.04. The van der Waals surface area contributed by atoms with Crippen molar-refractivity contribution in [1.82, 2.24) is 4.90 Å². The average Bonchev–Trinajstić information content (AvgIpc) is 2.38. The zero-order valence-electron chi connectivity index (χ0n) is 12.1. The van der Waals surface area contributed by atoms with Gasteiger partial charge in [0, 0.05) is 11.1 Å². The van der Waals surface area contributed by atoms with E-state index in [1.807, 2.05) is 43.1 Å². The van der Waals surface area contributed by atoms with Gasteiger partial charge in [-0.3, -0.25) is 14.5 Å². The Morgan fingerprint density at radius 1 is 1.35 bits per heavy atom. The van der Waals surface area contributed by atoms with Gasteiger partial charge in [-0.1, -0.05) is 29.8 Å². The van der Waals surface area contributed by atoms with Crippen LogP contribution in [0.4, 0.5) is 0 Å². The van der Waals surface area contributed by atoms with Crippen LogP contribution in [-0.4, -0.2) is 36.9 Å². The van der Waals surface area contributed by atoms with E-state index in [9.17, 15) is 9.59 Å². The van der Waals surface area contributed by atoms with Crippen molar-refractivity contribution < 1.29 is 14.3 Å². The summed E-state index contributed by atoms with van der Waals surface area (Å²) < 4.78 is 4.76. The number of benzene rings is 1. The van der Waals surface area contributed by atoms with Gasteiger partial charge in [0.15, 0.2) is 5.78 Å². The third-order valence-electron chi connectivity index (χ3n) is 3.09. The smallest absolute Gasteiger partial charge is 0.313 e. The summed E-state index contributed by atoms with van der Waals surface area (Å²) in [5.41, 5.74) is 0.959. The molecular weight excluding hydrogens is 278 g/mol. The highest BCUT2D eigenvalue weighted by Crippen LogP contribution is 2.25. The van der Waals surface area contributed by atoms with Crippen LogP contribution in [0.3, 0.4) is 0 Å². The molecule has 5 heteroatoms. The molecule has 1 atom stereocenters. The van der Waals surface area contributed by atoms with Gasteiger partial charge >= 0.3 is 5.97 Å². The highest BCUT2D eigenvalue weighted by atomic mass is 35.5. The van der Waals surface area contributed by atoms with E-state index >= 15 is 0 Å². The van der Waals surface area contributed by atoms with Crippen LogP contribution < -0.4 is 0 Å². The number of ether oxygens (including phenoxy) is 1. The fraction of sp³-hybridized carbons (Fsp3) is 0.467. The number of halogens is 1. The van der Waals surface area contributed by atoms with Crippen LogP contribution in [0.25, 0.3) is 0 Å². The Labute approximate surface area is 124 Å². The van der Waals surface area contributed by atoms with Gasteiger partial charge in [0.1, 0.15) is 6.42 Å². The Morgan fingerprint density at radius 2 is 2.00 bits per heavy atom. The van der Waals surface area contributed by atoms with Gasteiger partial charge < -0.3 is 4.74 Å². The highest BCUT2D eigenvalue weighted by Gasteiger charge is 2.18. The molecule has 0 spiro atoms. The quantitative estimate of drug-likeness (QED) is 0.573. The first-order chi connectivity index (χ1) is 9.45. The first-order valence-electron chi connectivity index (χ1n) is 6.57. The summed E-state index contributed by atoms with van der Waals surface area (Å²) in [5, 5.41) is 0.671. The van der Waals surface area contributed by atoms with Crippen LogP contribution in [0, 0.1) is 0 Å². The number of carbonyl (C=O) groups excluding carboxylic acids is 2. The van der Waals surface area contributed by atoms with Gasteiger partial charge in [-0.05, 0) is 32.5 Å². The maximum atomic E-state index is 11.8. The van der Waals surface area contributed by atoms with Crippen LogP contribution in [-0.2, 0) is 14.3 Å². The fourth-order valence-corrected chi connectivity index (χ4v) is 2.19. The van der Waals surface area contributed by atoms with Crippen molar-refractivity contribution in [2.24, 2.45) is 0 Å². The van der Waals surface area contributed by atoms with Gasteiger partial charge in [-0.2, -0.15) is 0 Å². The van der Waals surface area contributed by atoms with E-state index in [2.05, 4.69) is 0 Å². The Bertz CT molecular complexity index is 476. The van der Waals surface area contributed by atoms with Crippen LogP contribution in [0.2, 0.25) is 5.02 Å². The molecule has 0 aromatic heterocycles. The maximum Gasteiger partial charge on any atom is 0.313 e. The molecule has 4 nitrogen and oxygen atoms in total. The number of likely N-dealkylation sites (N-methyl/N-ethyl adjacent to an activating group) is 1. The van der Waals surface area contributed by atoms with Gasteiger partial charge in [0.05, 0.1) is 13.2 Å². The third kappa shape index (κ3) is 4.94. The zero-order chi connectivity index (χ0) is 15.1. The molecule has 1 rings (SSSR count). The largest absolute Gasteiger partial charge is 0.466 e. The Hall–Kier alpha value is -1.39. The van der Waals surface area contributed by atoms with E-state index in [1.165, 1.54) is 0 Å². The molecule has 0 fully saturated rings. The summed E-state index contributed by atoms with van der Waals surface area (Å²) in [6, 6.07) is 7.52. The molecule has 1 aromatic carbocycles. The molecule has 0 aliphatic carbocycles. The molecule has 20 heavy (non-hydrogen) atoms. The first kappa shape index (κ1) is 16.7. The molecule has 0 N–H and O–H groups in total. The standard InChI is InChI=1S/C15H20ClNO3/c1-4-20-15(19)9-12(18)10-17(3)11(2)13-7-5-6-8-14(13)16/h5-8,11H,4,9-10H2,1-3H3. The van der Waals surface area contributed by atoms with Crippen molar-refractivity contribution in [2.75, 3.05) is 20.2 Å². The monoisotopic (exact) mass is 297 g/mol. The second kappa shape index (κ2) is 8.02. The number of hydrogen-bond acceptors (Lipinski definition) is 4. The summed E-state index contributed by atoms with van der Waals surface area (Å²) in [6.45, 7) is 4.16. The Kier molecular flexibility index (Phi) is 6.68. The normalized spacial score (nSPS) is 12.2. The lowest BCUT2D eigenvalue weighted by molar-refractivity contribution is -0.145. The molecule has 1 aromatic rings. The van der Waals surface area contributed by atoms with Crippen molar-refractivity contribution in [1.29, 1.82) is 0 Å². The minimum absolute atomic E-state index is 0.00477. The number of carbonyl (C=O) groups is 2. The molecule has 0 saturated heterocycles. The van der Waals surface area contributed by atoms with Gasteiger partial charge in [0.25, 0.3) is 0 Å². The molecular formula is C15H20ClNO3. The van der Waals surface area contributed by atoms with Crippen LogP contribution >= 0.6 is 11.6 Å². The van der Waals surface area contributed by atoms with E-state index in [1.54, 1.807) is 6.92 Å². The molecule has 0 aliphatic rings. The fourth-order valence-electron chi connectivity index (χ4n) is 1.90. The van der Waals surface area contributed by atoms with Crippen LogP contribution in [0.5, 0.6) is 0 Å². The van der Waals surface area contributed by atoms with Gasteiger partial charge in [-0.15, -0.1) is 0 Å². The van der Waals surface area contributed by atoms with Crippen molar-refractivity contribution >= 4 is 23.4 Å². The predicted octanol–water partition coefficient (Wildman–Crippen LogP) is 2.86. The molecule has 0 radical (unpaired) electrons. The number of rotatable bonds is 7. The minimum atomic E-state index is -0.476. The minimum Gasteiger partial charge on any atom is -0.466 e. The highest BCUT2D eigenvalue weighted by molar-refractivity contribution is 6.31. The van der Waals surface area contributed by atoms with E-state index in [-0.39, 0.29) is 31.4 Å². The number of ketones is 1. The summed E-state index contributed by atoms with van der Waals surface area (Å²) in [4.78, 5) is 24.9. The number of nitrogens with zero attached hydrogens (tertiary/aromatic N) is 1. The number of Topliss-reactive ketones (excluding diaryl/α,β-unsaturated/α-hetero) is 1. The Morgan fingerprint density at radius 3 is 2.60 bits per heavy atom. The summed E-state index contributed by atoms with van der Waals surface area (Å²) in [7, 11) is 1.83. The molecule has 0 aliphatic heterocycles. The van der Waals surface area contributed by atoms with E-state index < -0.39 is 5.97 Å². The third-order valence-corrected chi connectivity index (χ3v) is 3.43. The summed E-state index contributed by atoms with van der Waals surface area (Å²) in [6.07, 6.45) is -0.187. The van der Waals surface area contributed by atoms with Crippen molar-refractivity contribution in [3.8, 4) is 0 Å².